The molecule has 0 aromatic heterocycles. The van der Waals surface area contributed by atoms with E-state index in [1.165, 1.54) is 19.1 Å². The lowest BCUT2D eigenvalue weighted by atomic mass is 10.0. The van der Waals surface area contributed by atoms with E-state index in [4.69, 9.17) is 9.47 Å². The summed E-state index contributed by atoms with van der Waals surface area (Å²) in [5.41, 5.74) is 3.70. The molecule has 1 aliphatic heterocycles. The number of carbonyl (C=O) groups excluding carboxylic acids is 3. The Kier molecular flexibility index (Phi) is 5.64. The normalized spacial score (nSPS) is 15.1. The molecule has 0 radical (unpaired) electrons. The van der Waals surface area contributed by atoms with Gasteiger partial charge in [0.15, 0.2) is 0 Å². The average Bonchev–Trinajstić information content (AvgIpc) is 2.96. The molecule has 2 aromatic rings. The van der Waals surface area contributed by atoms with Crippen molar-refractivity contribution in [3.8, 4) is 0 Å². The number of hydrogen-bond acceptors (Lipinski definition) is 5. The summed E-state index contributed by atoms with van der Waals surface area (Å²) in [7, 11) is 2.59. The summed E-state index contributed by atoms with van der Waals surface area (Å²) in [5.74, 6) is -1.38. The van der Waals surface area contributed by atoms with E-state index in [0.29, 0.717) is 16.9 Å². The highest BCUT2D eigenvalue weighted by atomic mass is 16.5. The lowest BCUT2D eigenvalue weighted by molar-refractivity contribution is -0.136. The first-order valence-electron chi connectivity index (χ1n) is 8.98. The second-order valence-corrected chi connectivity index (χ2v) is 6.60. The van der Waals surface area contributed by atoms with E-state index in [0.717, 1.165) is 11.1 Å². The topological polar surface area (TPSA) is 72.9 Å². The van der Waals surface area contributed by atoms with E-state index in [1.54, 1.807) is 37.3 Å². The second kappa shape index (κ2) is 8.14. The van der Waals surface area contributed by atoms with Gasteiger partial charge in [-0.05, 0) is 49.8 Å². The van der Waals surface area contributed by atoms with Crippen LogP contribution < -0.4 is 4.90 Å². The van der Waals surface area contributed by atoms with Crippen molar-refractivity contribution < 1.29 is 23.9 Å². The van der Waals surface area contributed by atoms with Gasteiger partial charge >= 0.3 is 11.9 Å². The van der Waals surface area contributed by atoms with Crippen molar-refractivity contribution in [2.45, 2.75) is 13.8 Å². The molecule has 0 aliphatic carbocycles. The van der Waals surface area contributed by atoms with Gasteiger partial charge in [-0.15, -0.1) is 0 Å². The summed E-state index contributed by atoms with van der Waals surface area (Å²) in [5, 5.41) is 0. The van der Waals surface area contributed by atoms with Gasteiger partial charge in [-0.2, -0.15) is 0 Å². The van der Waals surface area contributed by atoms with Crippen molar-refractivity contribution in [3.05, 3.63) is 82.1 Å². The van der Waals surface area contributed by atoms with Crippen molar-refractivity contribution in [1.82, 2.24) is 0 Å². The largest absolute Gasteiger partial charge is 0.465 e. The molecule has 0 bridgehead atoms. The SMILES string of the molecule is COC(=O)C1=C(C)N(c2ccc(C(=O)OC)cc2)C(=O)/C1=C\c1cccc(C)c1. The van der Waals surface area contributed by atoms with Crippen molar-refractivity contribution in [2.75, 3.05) is 19.1 Å². The summed E-state index contributed by atoms with van der Waals surface area (Å²) < 4.78 is 9.62. The van der Waals surface area contributed by atoms with E-state index in [1.807, 2.05) is 31.2 Å². The maximum Gasteiger partial charge on any atom is 0.340 e. The number of carbonyl (C=O) groups is 3. The number of benzene rings is 2. The standard InChI is InChI=1S/C23H21NO5/c1-14-6-5-7-16(12-14)13-19-20(23(27)29-4)15(2)24(21(19)25)18-10-8-17(9-11-18)22(26)28-3/h5-13H,1-4H3/b19-13-. The number of anilines is 1. The lowest BCUT2D eigenvalue weighted by Crippen LogP contribution is -2.24. The fraction of sp³-hybridized carbons (Fsp3) is 0.174. The zero-order valence-corrected chi connectivity index (χ0v) is 16.7. The lowest BCUT2D eigenvalue weighted by Gasteiger charge is -2.18. The van der Waals surface area contributed by atoms with Crippen LogP contribution in [0.5, 0.6) is 0 Å². The molecule has 29 heavy (non-hydrogen) atoms. The Labute approximate surface area is 169 Å². The molecule has 0 saturated carbocycles. The van der Waals surface area contributed by atoms with Gasteiger partial charge in [0, 0.05) is 11.4 Å². The van der Waals surface area contributed by atoms with Gasteiger partial charge in [-0.3, -0.25) is 9.69 Å². The molecule has 0 atom stereocenters. The maximum atomic E-state index is 13.2. The Hall–Kier alpha value is -3.67. The first kappa shape index (κ1) is 20.1. The number of rotatable bonds is 4. The average molecular weight is 391 g/mol. The molecular weight excluding hydrogens is 370 g/mol. The summed E-state index contributed by atoms with van der Waals surface area (Å²) in [6.07, 6.45) is 1.69. The van der Waals surface area contributed by atoms with Crippen LogP contribution in [-0.2, 0) is 19.1 Å². The van der Waals surface area contributed by atoms with Crippen LogP contribution >= 0.6 is 0 Å². The Morgan fingerprint density at radius 1 is 0.931 bits per heavy atom. The Morgan fingerprint density at radius 2 is 1.59 bits per heavy atom. The zero-order valence-electron chi connectivity index (χ0n) is 16.7. The van der Waals surface area contributed by atoms with Crippen LogP contribution in [0.4, 0.5) is 5.69 Å². The summed E-state index contributed by atoms with van der Waals surface area (Å²) >= 11 is 0. The smallest absolute Gasteiger partial charge is 0.340 e. The van der Waals surface area contributed by atoms with Crippen molar-refractivity contribution in [2.24, 2.45) is 0 Å². The van der Waals surface area contributed by atoms with Gasteiger partial charge in [0.25, 0.3) is 5.91 Å². The molecule has 148 valence electrons. The number of aryl methyl sites for hydroxylation is 1. The van der Waals surface area contributed by atoms with Gasteiger partial charge in [0.2, 0.25) is 0 Å². The first-order chi connectivity index (χ1) is 13.9. The first-order valence-corrected chi connectivity index (χ1v) is 8.98. The summed E-state index contributed by atoms with van der Waals surface area (Å²) in [4.78, 5) is 38.8. The van der Waals surface area contributed by atoms with Crippen LogP contribution in [0.3, 0.4) is 0 Å². The van der Waals surface area contributed by atoms with Crippen molar-refractivity contribution >= 4 is 29.6 Å². The minimum Gasteiger partial charge on any atom is -0.465 e. The number of nitrogens with zero attached hydrogens (tertiary/aromatic N) is 1. The molecule has 1 heterocycles. The minimum atomic E-state index is -0.580. The van der Waals surface area contributed by atoms with Gasteiger partial charge in [0.1, 0.15) is 0 Å². The summed E-state index contributed by atoms with van der Waals surface area (Å²) in [6.45, 7) is 3.64. The molecule has 0 N–H and O–H groups in total. The summed E-state index contributed by atoms with van der Waals surface area (Å²) in [6, 6.07) is 14.1. The number of hydrogen-bond donors (Lipinski definition) is 0. The van der Waals surface area contributed by atoms with Crippen LogP contribution in [0.25, 0.3) is 6.08 Å². The highest BCUT2D eigenvalue weighted by Gasteiger charge is 2.37. The Bertz CT molecular complexity index is 1050. The van der Waals surface area contributed by atoms with Crippen molar-refractivity contribution in [1.29, 1.82) is 0 Å². The minimum absolute atomic E-state index is 0.219. The third kappa shape index (κ3) is 3.82. The zero-order chi connectivity index (χ0) is 21.1. The molecule has 0 saturated heterocycles. The molecule has 1 amide bonds. The van der Waals surface area contributed by atoms with E-state index < -0.39 is 11.9 Å². The van der Waals surface area contributed by atoms with E-state index in [9.17, 15) is 14.4 Å². The van der Waals surface area contributed by atoms with Crippen molar-refractivity contribution in [3.63, 3.8) is 0 Å². The number of methoxy groups -OCH3 is 2. The molecule has 0 spiro atoms. The molecular formula is C23H21NO5. The number of ether oxygens (including phenoxy) is 2. The third-order valence-electron chi connectivity index (χ3n) is 4.69. The molecule has 3 rings (SSSR count). The van der Waals surface area contributed by atoms with Crippen LogP contribution in [0, 0.1) is 6.92 Å². The van der Waals surface area contributed by atoms with Crippen LogP contribution in [0.1, 0.15) is 28.4 Å². The van der Waals surface area contributed by atoms with Gasteiger partial charge in [0.05, 0.1) is 30.9 Å². The number of amides is 1. The molecule has 6 nitrogen and oxygen atoms in total. The van der Waals surface area contributed by atoms with E-state index in [-0.39, 0.29) is 17.1 Å². The third-order valence-corrected chi connectivity index (χ3v) is 4.69. The van der Waals surface area contributed by atoms with E-state index in [2.05, 4.69) is 0 Å². The Morgan fingerprint density at radius 3 is 2.17 bits per heavy atom. The van der Waals surface area contributed by atoms with E-state index >= 15 is 0 Å². The van der Waals surface area contributed by atoms with Crippen LogP contribution in [-0.4, -0.2) is 32.1 Å². The van der Waals surface area contributed by atoms with Gasteiger partial charge in [-0.1, -0.05) is 29.8 Å². The maximum absolute atomic E-state index is 13.2. The molecule has 0 fully saturated rings. The molecule has 6 heteroatoms. The second-order valence-electron chi connectivity index (χ2n) is 6.60. The molecule has 2 aromatic carbocycles. The van der Waals surface area contributed by atoms with Gasteiger partial charge in [-0.25, -0.2) is 9.59 Å². The predicted molar refractivity (Wildman–Crippen MR) is 109 cm³/mol. The van der Waals surface area contributed by atoms with Crippen LogP contribution in [0.15, 0.2) is 65.4 Å². The fourth-order valence-corrected chi connectivity index (χ4v) is 3.28. The quantitative estimate of drug-likeness (QED) is 0.587. The predicted octanol–water partition coefficient (Wildman–Crippen LogP) is 3.66. The molecule has 1 aliphatic rings. The Balaban J connectivity index is 2.08. The highest BCUT2D eigenvalue weighted by molar-refractivity contribution is 6.23. The van der Waals surface area contributed by atoms with Gasteiger partial charge < -0.3 is 9.47 Å². The fourth-order valence-electron chi connectivity index (χ4n) is 3.28. The highest BCUT2D eigenvalue weighted by Crippen LogP contribution is 2.35. The monoisotopic (exact) mass is 391 g/mol. The molecule has 0 unspecified atom stereocenters. The van der Waals surface area contributed by atoms with Crippen LogP contribution in [0.2, 0.25) is 0 Å². The number of allylic oxidation sites excluding steroid dienone is 1. The number of esters is 2.